The standard InChI is InChI=1S/C22H31N7O5.C8H12O.2C2H6/c1-22(2,3)34-21(32)27-17-12-23-15-24-20(17)33-10-7-18(30)26-16-11-25-29(13-16)14-19(31)28-8-5-4-6-9-28;1-4-8(9)6-5-7(2)3;2*1-2/h11-13,15H,4-10,14H2,1-3H3,(H,26,30)(H,27,32);4-6,9H,2H2,1,3H3;2*1-2H3/b;6-5-,8-4+;;. The summed E-state index contributed by atoms with van der Waals surface area (Å²) in [6, 6.07) is 0. The maximum atomic E-state index is 12.4. The van der Waals surface area contributed by atoms with Crippen molar-refractivity contribution in [2.24, 2.45) is 0 Å². The quantitative estimate of drug-likeness (QED) is 0.179. The topological polar surface area (TPSA) is 161 Å². The fourth-order valence-corrected chi connectivity index (χ4v) is 3.62. The summed E-state index contributed by atoms with van der Waals surface area (Å²) >= 11 is 0. The Morgan fingerprint density at radius 3 is 2.30 bits per heavy atom. The Hall–Kier alpha value is -4.68. The highest BCUT2D eigenvalue weighted by Gasteiger charge is 2.19. The zero-order valence-corrected chi connectivity index (χ0v) is 29.6. The molecule has 13 heteroatoms. The number of ether oxygens (including phenoxy) is 2. The first-order valence-corrected chi connectivity index (χ1v) is 16.1. The third kappa shape index (κ3) is 19.4. The van der Waals surface area contributed by atoms with Crippen LogP contribution < -0.4 is 15.4 Å². The van der Waals surface area contributed by atoms with Gasteiger partial charge in [0, 0.05) is 19.3 Å². The number of nitrogens with one attached hydrogen (secondary N) is 2. The van der Waals surface area contributed by atoms with Crippen LogP contribution in [0.2, 0.25) is 0 Å². The van der Waals surface area contributed by atoms with E-state index in [9.17, 15) is 14.4 Å². The molecule has 3 amide bonds. The summed E-state index contributed by atoms with van der Waals surface area (Å²) in [6.45, 7) is 22.3. The second kappa shape index (κ2) is 23.6. The molecule has 0 bridgehead atoms. The summed E-state index contributed by atoms with van der Waals surface area (Å²) in [5, 5.41) is 18.2. The van der Waals surface area contributed by atoms with Crippen molar-refractivity contribution in [3.05, 3.63) is 61.1 Å². The molecule has 262 valence electrons. The lowest BCUT2D eigenvalue weighted by Gasteiger charge is -2.26. The van der Waals surface area contributed by atoms with Gasteiger partial charge in [0.2, 0.25) is 17.7 Å². The number of nitrogens with zero attached hydrogens (tertiary/aromatic N) is 5. The van der Waals surface area contributed by atoms with E-state index in [2.05, 4.69) is 32.3 Å². The van der Waals surface area contributed by atoms with Crippen molar-refractivity contribution in [3.8, 4) is 5.88 Å². The van der Waals surface area contributed by atoms with Crippen LogP contribution in [0.5, 0.6) is 5.88 Å². The van der Waals surface area contributed by atoms with Gasteiger partial charge >= 0.3 is 6.09 Å². The molecule has 1 aliphatic heterocycles. The Bertz CT molecular complexity index is 1290. The van der Waals surface area contributed by atoms with Crippen molar-refractivity contribution < 1.29 is 29.0 Å². The number of piperidine rings is 1. The van der Waals surface area contributed by atoms with Crippen LogP contribution in [0.1, 0.15) is 88.0 Å². The minimum atomic E-state index is -0.666. The molecule has 13 nitrogen and oxygen atoms in total. The largest absolute Gasteiger partial charge is 0.508 e. The van der Waals surface area contributed by atoms with Crippen LogP contribution in [0.4, 0.5) is 16.2 Å². The molecular weight excluding hydrogens is 602 g/mol. The maximum Gasteiger partial charge on any atom is 0.412 e. The molecule has 3 heterocycles. The van der Waals surface area contributed by atoms with E-state index in [0.717, 1.165) is 37.9 Å². The van der Waals surface area contributed by atoms with Crippen molar-refractivity contribution in [2.75, 3.05) is 30.3 Å². The Morgan fingerprint density at radius 2 is 1.70 bits per heavy atom. The first-order chi connectivity index (χ1) is 22.4. The van der Waals surface area contributed by atoms with Crippen molar-refractivity contribution in [3.63, 3.8) is 0 Å². The van der Waals surface area contributed by atoms with E-state index in [4.69, 9.17) is 14.6 Å². The normalized spacial score (nSPS) is 12.6. The number of aliphatic hydroxyl groups is 1. The molecule has 0 aromatic carbocycles. The van der Waals surface area contributed by atoms with Gasteiger partial charge in [-0.15, -0.1) is 0 Å². The highest BCUT2D eigenvalue weighted by Crippen LogP contribution is 2.21. The predicted molar refractivity (Wildman–Crippen MR) is 186 cm³/mol. The second-order valence-electron chi connectivity index (χ2n) is 10.8. The van der Waals surface area contributed by atoms with Crippen LogP contribution in [0.15, 0.2) is 61.1 Å². The smallest absolute Gasteiger partial charge is 0.412 e. The maximum absolute atomic E-state index is 12.4. The fourth-order valence-electron chi connectivity index (χ4n) is 3.62. The van der Waals surface area contributed by atoms with E-state index in [1.807, 2.05) is 39.5 Å². The highest BCUT2D eigenvalue weighted by molar-refractivity contribution is 5.90. The molecule has 3 rings (SSSR count). The van der Waals surface area contributed by atoms with E-state index >= 15 is 0 Å². The van der Waals surface area contributed by atoms with Gasteiger partial charge in [-0.2, -0.15) is 10.1 Å². The van der Waals surface area contributed by atoms with E-state index in [0.29, 0.717) is 5.69 Å². The van der Waals surface area contributed by atoms with Crippen LogP contribution in [-0.2, 0) is 20.9 Å². The Labute approximate surface area is 280 Å². The Morgan fingerprint density at radius 1 is 1.04 bits per heavy atom. The number of aliphatic hydroxyl groups excluding tert-OH is 1. The first-order valence-electron chi connectivity index (χ1n) is 16.1. The number of likely N-dealkylation sites (tertiary alicyclic amines) is 1. The molecule has 0 saturated carbocycles. The summed E-state index contributed by atoms with van der Waals surface area (Å²) in [5.41, 5.74) is 0.999. The number of aromatic nitrogens is 4. The van der Waals surface area contributed by atoms with Crippen LogP contribution in [0.25, 0.3) is 0 Å². The highest BCUT2D eigenvalue weighted by atomic mass is 16.6. The average Bonchev–Trinajstić information content (AvgIpc) is 3.48. The van der Waals surface area contributed by atoms with Gasteiger partial charge in [-0.1, -0.05) is 45.9 Å². The van der Waals surface area contributed by atoms with Crippen LogP contribution >= 0.6 is 0 Å². The van der Waals surface area contributed by atoms with Gasteiger partial charge in [0.05, 0.1) is 31.1 Å². The van der Waals surface area contributed by atoms with Gasteiger partial charge in [-0.25, -0.2) is 9.78 Å². The zero-order chi connectivity index (χ0) is 35.8. The number of hydrogen-bond donors (Lipinski definition) is 3. The lowest BCUT2D eigenvalue weighted by Crippen LogP contribution is -2.37. The molecule has 2 aromatic rings. The number of hydrogen-bond acceptors (Lipinski definition) is 9. The molecular formula is C34H55N7O6. The van der Waals surface area contributed by atoms with Gasteiger partial charge < -0.3 is 24.8 Å². The number of anilines is 2. The molecule has 1 aliphatic rings. The summed E-state index contributed by atoms with van der Waals surface area (Å²) < 4.78 is 12.3. The molecule has 0 aliphatic carbocycles. The van der Waals surface area contributed by atoms with Crippen LogP contribution in [0, 0.1) is 0 Å². The zero-order valence-electron chi connectivity index (χ0n) is 29.6. The Kier molecular flexibility index (Phi) is 21.3. The lowest BCUT2D eigenvalue weighted by atomic mass is 10.1. The Balaban J connectivity index is 0.00000139. The number of carbonyl (C=O) groups is 3. The monoisotopic (exact) mass is 657 g/mol. The van der Waals surface area contributed by atoms with Gasteiger partial charge in [-0.05, 0) is 66.0 Å². The molecule has 1 saturated heterocycles. The van der Waals surface area contributed by atoms with Crippen molar-refractivity contribution >= 4 is 29.3 Å². The van der Waals surface area contributed by atoms with E-state index in [1.54, 1.807) is 52.1 Å². The second-order valence-corrected chi connectivity index (χ2v) is 10.8. The van der Waals surface area contributed by atoms with Crippen molar-refractivity contribution in [1.82, 2.24) is 24.6 Å². The van der Waals surface area contributed by atoms with Gasteiger partial charge in [0.25, 0.3) is 0 Å². The number of rotatable bonds is 10. The first kappa shape index (κ1) is 42.3. The SMILES string of the molecule is C=C(C)/C=C\C(O)=C/C.CC.CC.CC(C)(C)OC(=O)Nc1cncnc1OCCC(=O)Nc1cnn(CC(=O)N2CCCCC2)c1. The average molecular weight is 658 g/mol. The molecule has 0 radical (unpaired) electrons. The van der Waals surface area contributed by atoms with Crippen molar-refractivity contribution in [1.29, 1.82) is 0 Å². The summed E-state index contributed by atoms with van der Waals surface area (Å²) in [7, 11) is 0. The summed E-state index contributed by atoms with van der Waals surface area (Å²) in [4.78, 5) is 46.3. The minimum absolute atomic E-state index is 0.0213. The third-order valence-electron chi connectivity index (χ3n) is 5.64. The van der Waals surface area contributed by atoms with Crippen LogP contribution in [0.3, 0.4) is 0 Å². The lowest BCUT2D eigenvalue weighted by molar-refractivity contribution is -0.132. The molecule has 47 heavy (non-hydrogen) atoms. The molecule has 0 unspecified atom stereocenters. The van der Waals surface area contributed by atoms with Crippen LogP contribution in [-0.4, -0.2) is 73.0 Å². The summed E-state index contributed by atoms with van der Waals surface area (Å²) in [6.07, 6.45) is 13.4. The predicted octanol–water partition coefficient (Wildman–Crippen LogP) is 7.07. The van der Waals surface area contributed by atoms with Gasteiger partial charge in [-0.3, -0.25) is 19.6 Å². The van der Waals surface area contributed by atoms with Gasteiger partial charge in [0.15, 0.2) is 0 Å². The molecule has 2 aromatic heterocycles. The van der Waals surface area contributed by atoms with E-state index < -0.39 is 11.7 Å². The fraction of sp³-hybridized carbons (Fsp3) is 0.529. The number of allylic oxidation sites excluding steroid dienone is 4. The molecule has 1 fully saturated rings. The number of carbonyl (C=O) groups excluding carboxylic acids is 3. The summed E-state index contributed by atoms with van der Waals surface area (Å²) in [5.74, 6) is 0.128. The van der Waals surface area contributed by atoms with Crippen molar-refractivity contribution in [2.45, 2.75) is 100 Å². The molecule has 0 atom stereocenters. The minimum Gasteiger partial charge on any atom is -0.508 e. The van der Waals surface area contributed by atoms with E-state index in [1.165, 1.54) is 23.4 Å². The van der Waals surface area contributed by atoms with E-state index in [-0.39, 0.29) is 48.7 Å². The molecule has 3 N–H and O–H groups in total. The number of amides is 3. The third-order valence-corrected chi connectivity index (χ3v) is 5.64. The van der Waals surface area contributed by atoms with Gasteiger partial charge in [0.1, 0.15) is 29.9 Å². The molecule has 0 spiro atoms.